The van der Waals surface area contributed by atoms with Crippen LogP contribution < -0.4 is 11.5 Å². The van der Waals surface area contributed by atoms with Gasteiger partial charge in [-0.25, -0.2) is 29.9 Å². The number of rotatable bonds is 7. The molecule has 9 atom stereocenters. The lowest BCUT2D eigenvalue weighted by Crippen LogP contribution is -2.56. The van der Waals surface area contributed by atoms with E-state index in [0.717, 1.165) is 0 Å². The Kier molecular flexibility index (Phi) is 9.80. The van der Waals surface area contributed by atoms with Crippen molar-refractivity contribution in [2.24, 2.45) is 0 Å². The molecule has 48 heavy (non-hydrogen) atoms. The van der Waals surface area contributed by atoms with E-state index in [-0.39, 0.29) is 23.1 Å². The molecule has 264 valence electrons. The van der Waals surface area contributed by atoms with Crippen LogP contribution in [0.2, 0.25) is 18.1 Å². The van der Waals surface area contributed by atoms with E-state index >= 15 is 0 Å². The summed E-state index contributed by atoms with van der Waals surface area (Å²) in [5.74, 6) is 0.385. The summed E-state index contributed by atoms with van der Waals surface area (Å²) in [6.07, 6.45) is -2.54. The maximum Gasteiger partial charge on any atom is 0.178 e. The number of hydrogen-bond donors (Lipinski definition) is 9. The SMILES string of the molecule is CC(C)(C)[Si](C)(C)C(O)C[C@@]1(n2cnc3c(N)ncnc32)O[C@H](CO)[C@@H](O)[C@H]1O.Nc1ncnc2c1ncn2[C@@H]1O[C@H](CO)[C@@H](O)[C@H]1O. The minimum atomic E-state index is -2.27. The van der Waals surface area contributed by atoms with Crippen LogP contribution in [0.3, 0.4) is 0 Å². The fraction of sp³-hybridized carbons (Fsp3) is 0.643. The first kappa shape index (κ1) is 35.9. The van der Waals surface area contributed by atoms with E-state index in [1.165, 1.54) is 34.4 Å². The molecule has 0 aliphatic carbocycles. The van der Waals surface area contributed by atoms with Crippen LogP contribution in [0.5, 0.6) is 0 Å². The second-order valence-electron chi connectivity index (χ2n) is 13.7. The molecule has 0 saturated carbocycles. The first-order valence-corrected chi connectivity index (χ1v) is 18.4. The molecule has 2 saturated heterocycles. The van der Waals surface area contributed by atoms with E-state index in [4.69, 9.17) is 26.0 Å². The Morgan fingerprint density at radius 2 is 1.40 bits per heavy atom. The van der Waals surface area contributed by atoms with Gasteiger partial charge in [0.2, 0.25) is 0 Å². The number of aliphatic hydroxyl groups excluding tert-OH is 7. The highest BCUT2D eigenvalue weighted by Crippen LogP contribution is 2.46. The summed E-state index contributed by atoms with van der Waals surface area (Å²) in [5.41, 5.74) is 10.6. The summed E-state index contributed by atoms with van der Waals surface area (Å²) >= 11 is 0. The van der Waals surface area contributed by atoms with Crippen molar-refractivity contribution < 1.29 is 45.2 Å². The Morgan fingerprint density at radius 1 is 0.833 bits per heavy atom. The van der Waals surface area contributed by atoms with Crippen LogP contribution in [0, 0.1) is 0 Å². The van der Waals surface area contributed by atoms with E-state index in [0.29, 0.717) is 22.3 Å². The van der Waals surface area contributed by atoms with Crippen molar-refractivity contribution in [3.05, 3.63) is 25.3 Å². The molecule has 19 nitrogen and oxygen atoms in total. The zero-order chi connectivity index (χ0) is 35.3. The van der Waals surface area contributed by atoms with Gasteiger partial charge in [0.15, 0.2) is 34.9 Å². The molecule has 2 aliphatic rings. The molecule has 4 aromatic heterocycles. The smallest absolute Gasteiger partial charge is 0.178 e. The molecule has 1 unspecified atom stereocenters. The number of nitrogens with two attached hydrogens (primary N) is 2. The lowest BCUT2D eigenvalue weighted by Gasteiger charge is -2.44. The molecule has 0 radical (unpaired) electrons. The van der Waals surface area contributed by atoms with Crippen LogP contribution in [0.4, 0.5) is 11.6 Å². The second kappa shape index (κ2) is 13.1. The molecule has 4 aromatic rings. The summed E-state index contributed by atoms with van der Waals surface area (Å²) in [6.45, 7) is 9.49. The average molecular weight is 693 g/mol. The highest BCUT2D eigenvalue weighted by Gasteiger charge is 2.58. The second-order valence-corrected chi connectivity index (χ2v) is 19.3. The van der Waals surface area contributed by atoms with Gasteiger partial charge in [-0.15, -0.1) is 0 Å². The Hall–Kier alpha value is -3.44. The predicted molar refractivity (Wildman–Crippen MR) is 172 cm³/mol. The third-order valence-electron chi connectivity index (χ3n) is 9.90. The van der Waals surface area contributed by atoms with Crippen molar-refractivity contribution in [1.29, 1.82) is 0 Å². The largest absolute Gasteiger partial charge is 0.396 e. The topological polar surface area (TPSA) is 299 Å². The highest BCUT2D eigenvalue weighted by atomic mass is 28.3. The van der Waals surface area contributed by atoms with Crippen LogP contribution in [-0.2, 0) is 15.2 Å². The fourth-order valence-corrected chi connectivity index (χ4v) is 7.61. The van der Waals surface area contributed by atoms with Gasteiger partial charge in [0, 0.05) is 6.42 Å². The summed E-state index contributed by atoms with van der Waals surface area (Å²) in [6, 6.07) is 0. The molecule has 0 spiro atoms. The lowest BCUT2D eigenvalue weighted by atomic mass is 9.99. The molecule has 20 heteroatoms. The Balaban J connectivity index is 0.000000204. The average Bonchev–Trinajstić information content (AvgIpc) is 3.79. The van der Waals surface area contributed by atoms with Gasteiger partial charge in [0.05, 0.1) is 39.7 Å². The number of aliphatic hydroxyl groups is 7. The zero-order valence-corrected chi connectivity index (χ0v) is 28.2. The van der Waals surface area contributed by atoms with Crippen LogP contribution in [0.25, 0.3) is 22.3 Å². The Labute approximate surface area is 275 Å². The molecule has 2 fully saturated rings. The number of fused-ring (bicyclic) bond motifs is 2. The van der Waals surface area contributed by atoms with Crippen molar-refractivity contribution in [1.82, 2.24) is 39.0 Å². The van der Waals surface area contributed by atoms with Gasteiger partial charge in [-0.05, 0) is 5.04 Å². The van der Waals surface area contributed by atoms with Crippen molar-refractivity contribution >= 4 is 42.0 Å². The summed E-state index contributed by atoms with van der Waals surface area (Å²) in [4.78, 5) is 24.3. The van der Waals surface area contributed by atoms with Gasteiger partial charge in [-0.3, -0.25) is 9.13 Å². The normalized spacial score (nSPS) is 30.1. The summed E-state index contributed by atoms with van der Waals surface area (Å²) < 4.78 is 14.4. The van der Waals surface area contributed by atoms with Crippen molar-refractivity contribution in [2.45, 2.75) is 99.6 Å². The predicted octanol–water partition coefficient (Wildman–Crippen LogP) is -2.01. The van der Waals surface area contributed by atoms with E-state index < -0.39 is 75.6 Å². The number of ether oxygens (including phenoxy) is 2. The molecule has 0 amide bonds. The van der Waals surface area contributed by atoms with Crippen molar-refractivity contribution in [2.75, 3.05) is 24.7 Å². The van der Waals surface area contributed by atoms with Gasteiger partial charge in [-0.1, -0.05) is 33.9 Å². The van der Waals surface area contributed by atoms with Gasteiger partial charge < -0.3 is 56.7 Å². The molecule has 0 aromatic carbocycles. The number of hydrogen-bond acceptors (Lipinski definition) is 17. The molecule has 6 heterocycles. The number of imidazole rings is 2. The molecule has 11 N–H and O–H groups in total. The Bertz CT molecular complexity index is 1730. The summed E-state index contributed by atoms with van der Waals surface area (Å²) in [5, 5.41) is 71.0. The Morgan fingerprint density at radius 3 is 1.94 bits per heavy atom. The minimum absolute atomic E-state index is 0.00636. The third kappa shape index (κ3) is 5.91. The van der Waals surface area contributed by atoms with E-state index in [2.05, 4.69) is 63.8 Å². The minimum Gasteiger partial charge on any atom is -0.396 e. The van der Waals surface area contributed by atoms with Gasteiger partial charge >= 0.3 is 0 Å². The molecular formula is C28H44N10O9Si. The quantitative estimate of drug-likeness (QED) is 0.0945. The molecule has 6 rings (SSSR count). The van der Waals surface area contributed by atoms with E-state index in [1.807, 2.05) is 0 Å². The fourth-order valence-electron chi connectivity index (χ4n) is 5.81. The first-order valence-electron chi connectivity index (χ1n) is 15.3. The van der Waals surface area contributed by atoms with Crippen LogP contribution in [-0.4, -0.2) is 138 Å². The molecule has 0 bridgehead atoms. The number of nitrogen functional groups attached to an aromatic ring is 2. The molecular weight excluding hydrogens is 648 g/mol. The zero-order valence-electron chi connectivity index (χ0n) is 27.2. The maximum atomic E-state index is 11.3. The van der Waals surface area contributed by atoms with Crippen LogP contribution in [0.1, 0.15) is 33.4 Å². The number of anilines is 2. The maximum absolute atomic E-state index is 11.3. The van der Waals surface area contributed by atoms with Crippen LogP contribution >= 0.6 is 0 Å². The number of aromatic nitrogens is 8. The van der Waals surface area contributed by atoms with Gasteiger partial charge in [0.1, 0.15) is 60.3 Å². The van der Waals surface area contributed by atoms with Crippen LogP contribution in [0.15, 0.2) is 25.3 Å². The summed E-state index contributed by atoms with van der Waals surface area (Å²) in [7, 11) is -2.27. The monoisotopic (exact) mass is 692 g/mol. The highest BCUT2D eigenvalue weighted by molar-refractivity contribution is 6.81. The lowest BCUT2D eigenvalue weighted by molar-refractivity contribution is -0.159. The third-order valence-corrected chi connectivity index (χ3v) is 15.6. The number of nitrogens with zero attached hydrogens (tertiary/aromatic N) is 8. The van der Waals surface area contributed by atoms with E-state index in [9.17, 15) is 30.6 Å². The van der Waals surface area contributed by atoms with E-state index in [1.54, 1.807) is 0 Å². The molecule has 2 aliphatic heterocycles. The first-order chi connectivity index (χ1) is 22.5. The van der Waals surface area contributed by atoms with Gasteiger partial charge in [0.25, 0.3) is 0 Å². The van der Waals surface area contributed by atoms with Crippen molar-refractivity contribution in [3.63, 3.8) is 0 Å². The van der Waals surface area contributed by atoms with Gasteiger partial charge in [-0.2, -0.15) is 0 Å². The van der Waals surface area contributed by atoms with Crippen molar-refractivity contribution in [3.8, 4) is 0 Å². The standard InChI is InChI=1S/C18H31N5O5Si.C10H13N5O4/c1-17(2,3)29(4,5)11(25)6-18(14(27)13(26)10(7-24)28-18)23-9-22-12-15(19)20-8-21-16(12)23;11-8-5-9(13-2-12-8)15(3-14-5)10-7(18)6(17)4(1-16)19-10/h8-11,13-14,24-27H,6-7H2,1-5H3,(H2,19,20,21);2-4,6-7,10,16-18H,1H2,(H2,11,12,13)/t10-,11?,13-,14-,18-;4-,6-,7-,10-/m11/s1.